The monoisotopic (exact) mass is 251 g/mol. The second-order valence-electron chi connectivity index (χ2n) is 5.22. The summed E-state index contributed by atoms with van der Waals surface area (Å²) in [4.78, 5) is 18.1. The van der Waals surface area contributed by atoms with Gasteiger partial charge in [-0.1, -0.05) is 18.2 Å². The number of aromatic nitrogens is 2. The van der Waals surface area contributed by atoms with Gasteiger partial charge in [0, 0.05) is 11.8 Å². The molecule has 2 fully saturated rings. The molecule has 2 aliphatic carbocycles. The molecule has 1 aromatic heterocycles. The van der Waals surface area contributed by atoms with E-state index in [-0.39, 0.29) is 5.56 Å². The van der Waals surface area contributed by atoms with Crippen LogP contribution in [0.5, 0.6) is 0 Å². The zero-order chi connectivity index (χ0) is 11.8. The number of thioether (sulfide) groups is 1. The van der Waals surface area contributed by atoms with E-state index in [0.29, 0.717) is 11.0 Å². The van der Waals surface area contributed by atoms with Crippen molar-refractivity contribution in [3.05, 3.63) is 16.4 Å². The Morgan fingerprint density at radius 1 is 1.47 bits per heavy atom. The molecule has 17 heavy (non-hydrogen) atoms. The lowest BCUT2D eigenvalue weighted by atomic mass is 9.90. The highest BCUT2D eigenvalue weighted by molar-refractivity contribution is 7.99. The number of rotatable bonds is 3. The topological polar surface area (TPSA) is 71.8 Å². The summed E-state index contributed by atoms with van der Waals surface area (Å²) in [5.41, 5.74) is 5.40. The van der Waals surface area contributed by atoms with Gasteiger partial charge in [0.1, 0.15) is 5.82 Å². The minimum Gasteiger partial charge on any atom is -0.383 e. The third-order valence-electron chi connectivity index (χ3n) is 4.06. The number of nitrogens with zero attached hydrogens (tertiary/aromatic N) is 1. The highest BCUT2D eigenvalue weighted by Gasteiger charge is 2.39. The fourth-order valence-electron chi connectivity index (χ4n) is 3.29. The molecule has 2 bridgehead atoms. The first-order valence-electron chi connectivity index (χ1n) is 6.20. The molecule has 0 aromatic carbocycles. The van der Waals surface area contributed by atoms with E-state index in [0.717, 1.165) is 23.5 Å². The Bertz CT molecular complexity index is 473. The summed E-state index contributed by atoms with van der Waals surface area (Å²) in [5, 5.41) is 0.665. The van der Waals surface area contributed by atoms with Crippen molar-refractivity contribution < 1.29 is 0 Å². The lowest BCUT2D eigenvalue weighted by molar-refractivity contribution is 0.365. The minimum atomic E-state index is -0.159. The Morgan fingerprint density at radius 3 is 3.00 bits per heavy atom. The molecular weight excluding hydrogens is 234 g/mol. The molecule has 1 heterocycles. The van der Waals surface area contributed by atoms with Crippen molar-refractivity contribution in [2.24, 2.45) is 17.8 Å². The van der Waals surface area contributed by atoms with Crippen molar-refractivity contribution in [1.29, 1.82) is 0 Å². The minimum absolute atomic E-state index is 0.159. The lowest BCUT2D eigenvalue weighted by Gasteiger charge is -2.20. The van der Waals surface area contributed by atoms with Gasteiger partial charge in [0.25, 0.3) is 5.56 Å². The van der Waals surface area contributed by atoms with Crippen LogP contribution in [0.15, 0.2) is 16.0 Å². The SMILES string of the molecule is Nc1cc(=O)[nH]c(SCC2CC3CCC2C3)n1. The van der Waals surface area contributed by atoms with Gasteiger partial charge in [-0.3, -0.25) is 4.79 Å². The third kappa shape index (κ3) is 2.34. The van der Waals surface area contributed by atoms with Crippen LogP contribution in [0.2, 0.25) is 0 Å². The van der Waals surface area contributed by atoms with Crippen LogP contribution in [0, 0.1) is 17.8 Å². The van der Waals surface area contributed by atoms with E-state index >= 15 is 0 Å². The normalized spacial score (nSPS) is 30.9. The van der Waals surface area contributed by atoms with E-state index in [4.69, 9.17) is 5.73 Å². The summed E-state index contributed by atoms with van der Waals surface area (Å²) in [7, 11) is 0. The fourth-order valence-corrected chi connectivity index (χ4v) is 4.41. The molecule has 0 amide bonds. The molecule has 0 radical (unpaired) electrons. The van der Waals surface area contributed by atoms with E-state index < -0.39 is 0 Å². The summed E-state index contributed by atoms with van der Waals surface area (Å²) >= 11 is 1.64. The van der Waals surface area contributed by atoms with Gasteiger partial charge in [0.05, 0.1) is 0 Å². The van der Waals surface area contributed by atoms with Gasteiger partial charge in [-0.05, 0) is 37.0 Å². The molecule has 0 saturated heterocycles. The summed E-state index contributed by atoms with van der Waals surface area (Å²) in [6.45, 7) is 0. The van der Waals surface area contributed by atoms with Crippen LogP contribution in [-0.4, -0.2) is 15.7 Å². The molecule has 0 aliphatic heterocycles. The first-order valence-corrected chi connectivity index (χ1v) is 7.19. The van der Waals surface area contributed by atoms with Crippen molar-refractivity contribution in [3.63, 3.8) is 0 Å². The summed E-state index contributed by atoms with van der Waals surface area (Å²) in [5.74, 6) is 4.07. The first kappa shape index (κ1) is 11.1. The molecule has 1 aromatic rings. The van der Waals surface area contributed by atoms with Gasteiger partial charge >= 0.3 is 0 Å². The number of H-pyrrole nitrogens is 1. The molecule has 92 valence electrons. The number of nitrogens with one attached hydrogen (secondary N) is 1. The standard InChI is InChI=1S/C12H17N3OS/c13-10-5-11(16)15-12(14-10)17-6-9-4-7-1-2-8(9)3-7/h5,7-9H,1-4,6H2,(H3,13,14,15,16). The van der Waals surface area contributed by atoms with Gasteiger partial charge in [-0.15, -0.1) is 0 Å². The predicted molar refractivity (Wildman–Crippen MR) is 68.9 cm³/mol. The lowest BCUT2D eigenvalue weighted by Crippen LogP contribution is -2.14. The molecule has 3 atom stereocenters. The Labute approximate surface area is 104 Å². The number of nitrogens with two attached hydrogens (primary N) is 1. The Morgan fingerprint density at radius 2 is 2.35 bits per heavy atom. The maximum Gasteiger partial charge on any atom is 0.253 e. The molecule has 2 aliphatic rings. The van der Waals surface area contributed by atoms with Crippen LogP contribution >= 0.6 is 11.8 Å². The number of anilines is 1. The van der Waals surface area contributed by atoms with Crippen molar-refractivity contribution in [2.75, 3.05) is 11.5 Å². The van der Waals surface area contributed by atoms with Crippen LogP contribution in [0.3, 0.4) is 0 Å². The highest BCUT2D eigenvalue weighted by atomic mass is 32.2. The quantitative estimate of drug-likeness (QED) is 0.635. The number of fused-ring (bicyclic) bond motifs is 2. The van der Waals surface area contributed by atoms with E-state index in [1.54, 1.807) is 11.8 Å². The molecule has 2 saturated carbocycles. The van der Waals surface area contributed by atoms with E-state index in [1.165, 1.54) is 31.7 Å². The van der Waals surface area contributed by atoms with Gasteiger partial charge in [-0.2, -0.15) is 0 Å². The van der Waals surface area contributed by atoms with Crippen LogP contribution in [0.25, 0.3) is 0 Å². The number of nitrogen functional groups attached to an aromatic ring is 1. The second-order valence-corrected chi connectivity index (χ2v) is 6.23. The molecular formula is C12H17N3OS. The Hall–Kier alpha value is -0.970. The fraction of sp³-hybridized carbons (Fsp3) is 0.667. The summed E-state index contributed by atoms with van der Waals surface area (Å²) in [6.07, 6.45) is 5.62. The highest BCUT2D eigenvalue weighted by Crippen LogP contribution is 2.49. The van der Waals surface area contributed by atoms with Crippen molar-refractivity contribution in [3.8, 4) is 0 Å². The van der Waals surface area contributed by atoms with Crippen LogP contribution < -0.4 is 11.3 Å². The van der Waals surface area contributed by atoms with Gasteiger partial charge in [-0.25, -0.2) is 4.98 Å². The summed E-state index contributed by atoms with van der Waals surface area (Å²) in [6, 6.07) is 1.32. The van der Waals surface area contributed by atoms with Crippen LogP contribution in [0.4, 0.5) is 5.82 Å². The van der Waals surface area contributed by atoms with E-state index in [2.05, 4.69) is 9.97 Å². The molecule has 0 spiro atoms. The number of hydrogen-bond acceptors (Lipinski definition) is 4. The zero-order valence-electron chi connectivity index (χ0n) is 9.69. The second kappa shape index (κ2) is 4.37. The molecule has 3 N–H and O–H groups in total. The predicted octanol–water partition coefficient (Wildman–Crippen LogP) is 1.88. The van der Waals surface area contributed by atoms with Crippen molar-refractivity contribution >= 4 is 17.6 Å². The molecule has 4 nitrogen and oxygen atoms in total. The van der Waals surface area contributed by atoms with E-state index in [9.17, 15) is 4.79 Å². The van der Waals surface area contributed by atoms with Gasteiger partial charge in [0.2, 0.25) is 0 Å². The molecule has 3 unspecified atom stereocenters. The molecule has 3 rings (SSSR count). The average molecular weight is 251 g/mol. The average Bonchev–Trinajstić information content (AvgIpc) is 2.86. The Kier molecular flexibility index (Phi) is 2.86. The number of hydrogen-bond donors (Lipinski definition) is 2. The van der Waals surface area contributed by atoms with Gasteiger partial charge < -0.3 is 10.7 Å². The van der Waals surface area contributed by atoms with Crippen molar-refractivity contribution in [1.82, 2.24) is 9.97 Å². The van der Waals surface area contributed by atoms with Crippen LogP contribution in [0.1, 0.15) is 25.7 Å². The number of aromatic amines is 1. The van der Waals surface area contributed by atoms with Crippen molar-refractivity contribution in [2.45, 2.75) is 30.8 Å². The third-order valence-corrected chi connectivity index (χ3v) is 5.12. The Balaban J connectivity index is 1.62. The maximum absolute atomic E-state index is 11.2. The zero-order valence-corrected chi connectivity index (χ0v) is 10.5. The van der Waals surface area contributed by atoms with Gasteiger partial charge in [0.15, 0.2) is 5.16 Å². The van der Waals surface area contributed by atoms with E-state index in [1.807, 2.05) is 0 Å². The largest absolute Gasteiger partial charge is 0.383 e. The first-order chi connectivity index (χ1) is 8.20. The maximum atomic E-state index is 11.2. The smallest absolute Gasteiger partial charge is 0.253 e. The molecule has 5 heteroatoms. The summed E-state index contributed by atoms with van der Waals surface area (Å²) < 4.78 is 0. The van der Waals surface area contributed by atoms with Crippen LogP contribution in [-0.2, 0) is 0 Å².